The SMILES string of the molecule is CCCCNC(=O)OCC(C)(C)S. The lowest BCUT2D eigenvalue weighted by Gasteiger charge is -2.16. The summed E-state index contributed by atoms with van der Waals surface area (Å²) in [6.45, 7) is 6.88. The minimum Gasteiger partial charge on any atom is -0.448 e. The number of unbranched alkanes of at least 4 members (excludes halogenated alkanes) is 1. The van der Waals surface area contributed by atoms with Gasteiger partial charge in [0.15, 0.2) is 0 Å². The number of rotatable bonds is 5. The molecule has 0 heterocycles. The monoisotopic (exact) mass is 205 g/mol. The van der Waals surface area contributed by atoms with Crippen LogP contribution in [0.3, 0.4) is 0 Å². The number of carbonyl (C=O) groups excluding carboxylic acids is 1. The van der Waals surface area contributed by atoms with E-state index >= 15 is 0 Å². The molecule has 4 heteroatoms. The van der Waals surface area contributed by atoms with E-state index in [1.165, 1.54) is 0 Å². The van der Waals surface area contributed by atoms with E-state index in [2.05, 4.69) is 24.9 Å². The van der Waals surface area contributed by atoms with Crippen LogP contribution in [-0.2, 0) is 4.74 Å². The Morgan fingerprint density at radius 3 is 2.62 bits per heavy atom. The standard InChI is InChI=1S/C9H19NO2S/c1-4-5-6-10-8(11)12-7-9(2,3)13/h13H,4-7H2,1-3H3,(H,10,11). The number of amides is 1. The first-order valence-corrected chi connectivity index (χ1v) is 5.03. The summed E-state index contributed by atoms with van der Waals surface area (Å²) in [7, 11) is 0. The Balaban J connectivity index is 3.41. The molecule has 0 rings (SSSR count). The van der Waals surface area contributed by atoms with Gasteiger partial charge in [-0.3, -0.25) is 0 Å². The summed E-state index contributed by atoms with van der Waals surface area (Å²) < 4.78 is 4.66. The summed E-state index contributed by atoms with van der Waals surface area (Å²) in [4.78, 5) is 11.0. The Labute approximate surface area is 85.6 Å². The molecule has 0 fully saturated rings. The van der Waals surface area contributed by atoms with E-state index in [0.29, 0.717) is 13.2 Å². The molecule has 0 radical (unpaired) electrons. The van der Waals surface area contributed by atoms with Gasteiger partial charge in [0.2, 0.25) is 0 Å². The number of hydrogen-bond donors (Lipinski definition) is 2. The predicted molar refractivity (Wildman–Crippen MR) is 57.3 cm³/mol. The quantitative estimate of drug-likeness (QED) is 0.533. The Morgan fingerprint density at radius 1 is 1.54 bits per heavy atom. The van der Waals surface area contributed by atoms with Crippen LogP contribution in [-0.4, -0.2) is 24.0 Å². The van der Waals surface area contributed by atoms with Crippen LogP contribution in [0.1, 0.15) is 33.6 Å². The summed E-state index contributed by atoms with van der Waals surface area (Å²) in [5.74, 6) is 0. The zero-order valence-electron chi connectivity index (χ0n) is 8.59. The molecule has 1 amide bonds. The van der Waals surface area contributed by atoms with Crippen molar-refractivity contribution in [2.75, 3.05) is 13.2 Å². The van der Waals surface area contributed by atoms with E-state index in [1.54, 1.807) is 0 Å². The maximum absolute atomic E-state index is 11.0. The van der Waals surface area contributed by atoms with Gasteiger partial charge in [0, 0.05) is 11.3 Å². The average Bonchev–Trinajstić information content (AvgIpc) is 2.00. The third kappa shape index (κ3) is 9.53. The number of alkyl carbamates (subject to hydrolysis) is 1. The summed E-state index contributed by atoms with van der Waals surface area (Å²) in [5, 5.41) is 2.66. The first-order valence-electron chi connectivity index (χ1n) is 4.58. The van der Waals surface area contributed by atoms with Crippen molar-refractivity contribution in [2.45, 2.75) is 38.4 Å². The van der Waals surface area contributed by atoms with Crippen LogP contribution in [0, 0.1) is 0 Å². The maximum Gasteiger partial charge on any atom is 0.407 e. The minimum absolute atomic E-state index is 0.262. The van der Waals surface area contributed by atoms with Gasteiger partial charge in [0.1, 0.15) is 6.61 Å². The molecule has 78 valence electrons. The number of nitrogens with one attached hydrogen (secondary N) is 1. The third-order valence-corrected chi connectivity index (χ3v) is 1.49. The molecule has 0 aliphatic heterocycles. The lowest BCUT2D eigenvalue weighted by atomic mass is 10.2. The zero-order valence-corrected chi connectivity index (χ0v) is 9.49. The second-order valence-corrected chi connectivity index (χ2v) is 4.88. The molecular weight excluding hydrogens is 186 g/mol. The van der Waals surface area contributed by atoms with Gasteiger partial charge in [-0.15, -0.1) is 0 Å². The van der Waals surface area contributed by atoms with Crippen molar-refractivity contribution in [3.8, 4) is 0 Å². The van der Waals surface area contributed by atoms with Gasteiger partial charge in [-0.25, -0.2) is 4.79 Å². The van der Waals surface area contributed by atoms with E-state index in [-0.39, 0.29) is 10.8 Å². The number of thiol groups is 1. The predicted octanol–water partition coefficient (Wildman–Crippen LogP) is 2.22. The Hall–Kier alpha value is -0.380. The summed E-state index contributed by atoms with van der Waals surface area (Å²) in [5.41, 5.74) is 0. The molecule has 0 saturated heterocycles. The van der Waals surface area contributed by atoms with Crippen molar-refractivity contribution in [3.63, 3.8) is 0 Å². The van der Waals surface area contributed by atoms with Crippen LogP contribution in [0.5, 0.6) is 0 Å². The fraction of sp³-hybridized carbons (Fsp3) is 0.889. The van der Waals surface area contributed by atoms with E-state index in [0.717, 1.165) is 12.8 Å². The van der Waals surface area contributed by atoms with E-state index in [9.17, 15) is 4.79 Å². The molecule has 0 spiro atoms. The number of hydrogen-bond acceptors (Lipinski definition) is 3. The van der Waals surface area contributed by atoms with Gasteiger partial charge in [-0.2, -0.15) is 12.6 Å². The molecule has 0 unspecified atom stereocenters. The molecule has 1 N–H and O–H groups in total. The van der Waals surface area contributed by atoms with Crippen molar-refractivity contribution in [1.82, 2.24) is 5.32 Å². The highest BCUT2D eigenvalue weighted by Crippen LogP contribution is 2.11. The van der Waals surface area contributed by atoms with Gasteiger partial charge < -0.3 is 10.1 Å². The van der Waals surface area contributed by atoms with E-state index in [1.807, 2.05) is 13.8 Å². The van der Waals surface area contributed by atoms with Gasteiger partial charge in [-0.05, 0) is 20.3 Å². The van der Waals surface area contributed by atoms with Crippen LogP contribution >= 0.6 is 12.6 Å². The lowest BCUT2D eigenvalue weighted by molar-refractivity contribution is 0.138. The Bertz CT molecular complexity index is 154. The Morgan fingerprint density at radius 2 is 2.15 bits per heavy atom. The van der Waals surface area contributed by atoms with Crippen molar-refractivity contribution < 1.29 is 9.53 Å². The number of ether oxygens (including phenoxy) is 1. The fourth-order valence-electron chi connectivity index (χ4n) is 0.660. The molecule has 3 nitrogen and oxygen atoms in total. The first-order chi connectivity index (χ1) is 5.95. The highest BCUT2D eigenvalue weighted by molar-refractivity contribution is 7.81. The largest absolute Gasteiger partial charge is 0.448 e. The molecule has 0 aliphatic rings. The van der Waals surface area contributed by atoms with Crippen molar-refractivity contribution in [2.24, 2.45) is 0 Å². The molecule has 13 heavy (non-hydrogen) atoms. The van der Waals surface area contributed by atoms with Crippen LogP contribution in [0.25, 0.3) is 0 Å². The summed E-state index contributed by atoms with van der Waals surface area (Å²) in [6.07, 6.45) is 1.70. The molecule has 0 bridgehead atoms. The van der Waals surface area contributed by atoms with Crippen LogP contribution in [0.15, 0.2) is 0 Å². The number of carbonyl (C=O) groups is 1. The van der Waals surface area contributed by atoms with E-state index < -0.39 is 0 Å². The Kier molecular flexibility index (Phi) is 5.95. The first kappa shape index (κ1) is 12.6. The fourth-order valence-corrected chi connectivity index (χ4v) is 0.725. The van der Waals surface area contributed by atoms with Crippen LogP contribution in [0.4, 0.5) is 4.79 Å². The molecule has 0 aromatic carbocycles. The van der Waals surface area contributed by atoms with E-state index in [4.69, 9.17) is 4.74 Å². The normalized spacial score (nSPS) is 11.1. The average molecular weight is 205 g/mol. The van der Waals surface area contributed by atoms with Crippen LogP contribution < -0.4 is 5.32 Å². The van der Waals surface area contributed by atoms with Crippen molar-refractivity contribution in [1.29, 1.82) is 0 Å². The molecule has 0 aromatic rings. The topological polar surface area (TPSA) is 38.3 Å². The second kappa shape index (κ2) is 6.13. The smallest absolute Gasteiger partial charge is 0.407 e. The third-order valence-electron chi connectivity index (χ3n) is 1.36. The molecule has 0 saturated carbocycles. The maximum atomic E-state index is 11.0. The van der Waals surface area contributed by atoms with Crippen molar-refractivity contribution >= 4 is 18.7 Å². The summed E-state index contributed by atoms with van der Waals surface area (Å²) >= 11 is 4.23. The van der Waals surface area contributed by atoms with Crippen LogP contribution in [0.2, 0.25) is 0 Å². The molecular formula is C9H19NO2S. The zero-order chi connectivity index (χ0) is 10.3. The lowest BCUT2D eigenvalue weighted by Crippen LogP contribution is -2.30. The summed E-state index contributed by atoms with van der Waals surface area (Å²) in [6, 6.07) is 0. The highest BCUT2D eigenvalue weighted by atomic mass is 32.1. The van der Waals surface area contributed by atoms with Crippen molar-refractivity contribution in [3.05, 3.63) is 0 Å². The van der Waals surface area contributed by atoms with Gasteiger partial charge in [0.05, 0.1) is 0 Å². The molecule has 0 aromatic heterocycles. The minimum atomic E-state index is -0.351. The molecule has 0 aliphatic carbocycles. The van der Waals surface area contributed by atoms with Gasteiger partial charge in [-0.1, -0.05) is 13.3 Å². The second-order valence-electron chi connectivity index (χ2n) is 3.67. The highest BCUT2D eigenvalue weighted by Gasteiger charge is 2.13. The van der Waals surface area contributed by atoms with Gasteiger partial charge >= 0.3 is 6.09 Å². The molecule has 0 atom stereocenters. The van der Waals surface area contributed by atoms with Gasteiger partial charge in [0.25, 0.3) is 0 Å².